The Hall–Kier alpha value is -2.05. The minimum absolute atomic E-state index is 0.0424. The number of carbonyl (C=O) groups is 1. The molecule has 0 spiro atoms. The Balaban J connectivity index is 1.81. The minimum atomic E-state index is -0.467. The number of amides is 1. The fourth-order valence-corrected chi connectivity index (χ4v) is 3.15. The number of methoxy groups -OCH3 is 1. The predicted octanol–water partition coefficient (Wildman–Crippen LogP) is 2.89. The van der Waals surface area contributed by atoms with E-state index in [1.165, 1.54) is 0 Å². The van der Waals surface area contributed by atoms with Crippen molar-refractivity contribution >= 4 is 33.2 Å². The van der Waals surface area contributed by atoms with Crippen molar-refractivity contribution in [2.24, 2.45) is 5.92 Å². The van der Waals surface area contributed by atoms with E-state index < -0.39 is 6.04 Å². The summed E-state index contributed by atoms with van der Waals surface area (Å²) in [5, 5.41) is 12.9. The number of rotatable bonds is 5. The van der Waals surface area contributed by atoms with E-state index in [9.17, 15) is 9.90 Å². The van der Waals surface area contributed by atoms with Crippen molar-refractivity contribution < 1.29 is 14.6 Å². The maximum absolute atomic E-state index is 12.8. The van der Waals surface area contributed by atoms with E-state index >= 15 is 0 Å². The molecule has 6 heteroatoms. The molecule has 0 unspecified atom stereocenters. The molecule has 3 rings (SSSR count). The molecular formula is C18H19BrN2O3. The number of ether oxygens (including phenoxy) is 1. The normalized spacial score (nSPS) is 20.3. The third-order valence-corrected chi connectivity index (χ3v) is 4.71. The molecule has 24 heavy (non-hydrogen) atoms. The fourth-order valence-electron chi connectivity index (χ4n) is 2.89. The van der Waals surface area contributed by atoms with Crippen LogP contribution in [0.2, 0.25) is 0 Å². The van der Waals surface area contributed by atoms with Crippen molar-refractivity contribution in [1.29, 1.82) is 0 Å². The van der Waals surface area contributed by atoms with Crippen molar-refractivity contribution in [3.63, 3.8) is 0 Å². The Labute approximate surface area is 149 Å². The van der Waals surface area contributed by atoms with E-state index in [1.54, 1.807) is 12.0 Å². The standard InChI is InChI=1S/C18H19BrN2O3/c1-24-16-4-2-3-14(9-16)20-17-12(11-22)10-21(18(17)23)15-7-5-13(19)6-8-15/h2-9,12,17,20,22H,10-11H2,1H3/t12-,17-/m0/s1. The Kier molecular flexibility index (Phi) is 5.06. The molecule has 0 aromatic heterocycles. The second-order valence-corrected chi connectivity index (χ2v) is 6.64. The van der Waals surface area contributed by atoms with Gasteiger partial charge in [0.05, 0.1) is 13.7 Å². The summed E-state index contributed by atoms with van der Waals surface area (Å²) in [6, 6.07) is 14.6. The van der Waals surface area contributed by atoms with Gasteiger partial charge in [-0.05, 0) is 36.4 Å². The van der Waals surface area contributed by atoms with E-state index in [0.717, 1.165) is 21.6 Å². The Morgan fingerprint density at radius 2 is 2.04 bits per heavy atom. The fraction of sp³-hybridized carbons (Fsp3) is 0.278. The van der Waals surface area contributed by atoms with Crippen LogP contribution in [-0.4, -0.2) is 37.3 Å². The molecule has 5 nitrogen and oxygen atoms in total. The van der Waals surface area contributed by atoms with Crippen molar-refractivity contribution in [3.8, 4) is 5.75 Å². The van der Waals surface area contributed by atoms with Crippen LogP contribution in [0.15, 0.2) is 53.0 Å². The molecule has 1 amide bonds. The summed E-state index contributed by atoms with van der Waals surface area (Å²) in [5.41, 5.74) is 1.63. The van der Waals surface area contributed by atoms with Gasteiger partial charge in [0.15, 0.2) is 0 Å². The number of nitrogens with one attached hydrogen (secondary N) is 1. The lowest BCUT2D eigenvalue weighted by molar-refractivity contribution is -0.118. The molecule has 1 fully saturated rings. The molecule has 0 radical (unpaired) electrons. The Morgan fingerprint density at radius 1 is 1.29 bits per heavy atom. The highest BCUT2D eigenvalue weighted by Gasteiger charge is 2.40. The lowest BCUT2D eigenvalue weighted by atomic mass is 10.0. The second kappa shape index (κ2) is 7.23. The van der Waals surface area contributed by atoms with Gasteiger partial charge in [0.2, 0.25) is 5.91 Å². The maximum Gasteiger partial charge on any atom is 0.249 e. The summed E-state index contributed by atoms with van der Waals surface area (Å²) in [5.74, 6) is 0.502. The maximum atomic E-state index is 12.8. The Bertz CT molecular complexity index is 720. The summed E-state index contributed by atoms with van der Waals surface area (Å²) < 4.78 is 6.17. The van der Waals surface area contributed by atoms with E-state index in [1.807, 2.05) is 48.5 Å². The zero-order chi connectivity index (χ0) is 17.1. The quantitative estimate of drug-likeness (QED) is 0.823. The molecule has 0 bridgehead atoms. The highest BCUT2D eigenvalue weighted by atomic mass is 79.9. The lowest BCUT2D eigenvalue weighted by Gasteiger charge is -2.18. The number of carbonyl (C=O) groups excluding carboxylic acids is 1. The minimum Gasteiger partial charge on any atom is -0.497 e. The smallest absolute Gasteiger partial charge is 0.249 e. The number of aliphatic hydroxyl groups excluding tert-OH is 1. The molecule has 1 aliphatic heterocycles. The largest absolute Gasteiger partial charge is 0.497 e. The zero-order valence-electron chi connectivity index (χ0n) is 13.3. The van der Waals surface area contributed by atoms with Crippen LogP contribution in [0.25, 0.3) is 0 Å². The molecule has 0 saturated carbocycles. The molecule has 1 saturated heterocycles. The van der Waals surface area contributed by atoms with E-state index in [0.29, 0.717) is 6.54 Å². The first-order chi connectivity index (χ1) is 11.6. The van der Waals surface area contributed by atoms with Gasteiger partial charge in [-0.25, -0.2) is 0 Å². The molecule has 126 valence electrons. The van der Waals surface area contributed by atoms with Crippen LogP contribution >= 0.6 is 15.9 Å². The topological polar surface area (TPSA) is 61.8 Å². The van der Waals surface area contributed by atoms with Crippen LogP contribution in [0.1, 0.15) is 0 Å². The SMILES string of the molecule is COc1cccc(N[C@@H]2C(=O)N(c3ccc(Br)cc3)C[C@H]2CO)c1. The van der Waals surface area contributed by atoms with Crippen LogP contribution in [0.5, 0.6) is 5.75 Å². The summed E-state index contributed by atoms with van der Waals surface area (Å²) in [6.45, 7) is 0.430. The number of benzene rings is 2. The second-order valence-electron chi connectivity index (χ2n) is 5.72. The summed E-state index contributed by atoms with van der Waals surface area (Å²) in [6.07, 6.45) is 0. The van der Waals surface area contributed by atoms with Crippen molar-refractivity contribution in [1.82, 2.24) is 0 Å². The molecule has 1 heterocycles. The van der Waals surface area contributed by atoms with Gasteiger partial charge in [0.25, 0.3) is 0 Å². The van der Waals surface area contributed by atoms with Gasteiger partial charge in [-0.2, -0.15) is 0 Å². The molecule has 2 aromatic carbocycles. The number of hydrogen-bond acceptors (Lipinski definition) is 4. The van der Waals surface area contributed by atoms with Crippen LogP contribution < -0.4 is 15.0 Å². The lowest BCUT2D eigenvalue weighted by Crippen LogP contribution is -2.36. The van der Waals surface area contributed by atoms with E-state index in [4.69, 9.17) is 4.74 Å². The molecule has 0 aliphatic carbocycles. The average Bonchev–Trinajstić information content (AvgIpc) is 2.92. The van der Waals surface area contributed by atoms with Gasteiger partial charge >= 0.3 is 0 Å². The number of hydrogen-bond donors (Lipinski definition) is 2. The number of nitrogens with zero attached hydrogens (tertiary/aromatic N) is 1. The molecule has 2 N–H and O–H groups in total. The number of aliphatic hydroxyl groups is 1. The van der Waals surface area contributed by atoms with E-state index in [-0.39, 0.29) is 18.4 Å². The van der Waals surface area contributed by atoms with Crippen LogP contribution in [-0.2, 0) is 4.79 Å². The van der Waals surface area contributed by atoms with Crippen LogP contribution in [0, 0.1) is 5.92 Å². The van der Waals surface area contributed by atoms with Gasteiger partial charge in [0, 0.05) is 34.4 Å². The first-order valence-corrected chi connectivity index (χ1v) is 8.50. The zero-order valence-corrected chi connectivity index (χ0v) is 14.9. The molecular weight excluding hydrogens is 372 g/mol. The number of halogens is 1. The van der Waals surface area contributed by atoms with Gasteiger partial charge in [-0.3, -0.25) is 4.79 Å². The first kappa shape index (κ1) is 16.8. The molecule has 1 aliphatic rings. The summed E-state index contributed by atoms with van der Waals surface area (Å²) in [7, 11) is 1.60. The molecule has 2 aromatic rings. The third-order valence-electron chi connectivity index (χ3n) is 4.19. The van der Waals surface area contributed by atoms with Crippen LogP contribution in [0.3, 0.4) is 0 Å². The summed E-state index contributed by atoms with van der Waals surface area (Å²) in [4.78, 5) is 14.5. The van der Waals surface area contributed by atoms with Crippen molar-refractivity contribution in [2.45, 2.75) is 6.04 Å². The third kappa shape index (κ3) is 3.39. The van der Waals surface area contributed by atoms with Crippen molar-refractivity contribution in [3.05, 3.63) is 53.0 Å². The highest BCUT2D eigenvalue weighted by molar-refractivity contribution is 9.10. The summed E-state index contributed by atoms with van der Waals surface area (Å²) >= 11 is 3.40. The highest BCUT2D eigenvalue weighted by Crippen LogP contribution is 2.29. The average molecular weight is 391 g/mol. The first-order valence-electron chi connectivity index (χ1n) is 7.71. The van der Waals surface area contributed by atoms with Crippen molar-refractivity contribution in [2.75, 3.05) is 30.5 Å². The van der Waals surface area contributed by atoms with Gasteiger partial charge < -0.3 is 20.1 Å². The predicted molar refractivity (Wildman–Crippen MR) is 97.5 cm³/mol. The van der Waals surface area contributed by atoms with Gasteiger partial charge in [-0.15, -0.1) is 0 Å². The Morgan fingerprint density at radius 3 is 2.71 bits per heavy atom. The number of anilines is 2. The van der Waals surface area contributed by atoms with Crippen LogP contribution in [0.4, 0.5) is 11.4 Å². The van der Waals surface area contributed by atoms with Gasteiger partial charge in [-0.1, -0.05) is 22.0 Å². The monoisotopic (exact) mass is 390 g/mol. The molecule has 2 atom stereocenters. The van der Waals surface area contributed by atoms with E-state index in [2.05, 4.69) is 21.2 Å². The van der Waals surface area contributed by atoms with Gasteiger partial charge in [0.1, 0.15) is 11.8 Å².